The number of nitrogens with zero attached hydrogens (tertiary/aromatic N) is 3. The lowest BCUT2D eigenvalue weighted by Gasteiger charge is -2.49. The summed E-state index contributed by atoms with van der Waals surface area (Å²) in [5.41, 5.74) is 0.810. The third kappa shape index (κ3) is 5.70. The zero-order chi connectivity index (χ0) is 21.6. The summed E-state index contributed by atoms with van der Waals surface area (Å²) in [7, 11) is 2.19. The Bertz CT molecular complexity index is 710. The Labute approximate surface area is 179 Å². The number of nitrogens with one attached hydrogen (secondary N) is 2. The Morgan fingerprint density at radius 2 is 1.80 bits per heavy atom. The molecule has 1 unspecified atom stereocenters. The number of rotatable bonds is 6. The van der Waals surface area contributed by atoms with E-state index in [4.69, 9.17) is 4.99 Å². The number of halogens is 2. The molecule has 0 amide bonds. The molecule has 0 aromatic heterocycles. The third-order valence-corrected chi connectivity index (χ3v) is 6.62. The molecule has 3 rings (SSSR count). The predicted molar refractivity (Wildman–Crippen MR) is 119 cm³/mol. The van der Waals surface area contributed by atoms with Crippen molar-refractivity contribution < 1.29 is 8.78 Å². The molecule has 0 spiro atoms. The lowest BCUT2D eigenvalue weighted by Crippen LogP contribution is -2.58. The van der Waals surface area contributed by atoms with Crippen molar-refractivity contribution in [3.63, 3.8) is 0 Å². The van der Waals surface area contributed by atoms with Crippen molar-refractivity contribution in [2.75, 3.05) is 46.3 Å². The largest absolute Gasteiger partial charge is 0.357 e. The first-order chi connectivity index (χ1) is 14.4. The second-order valence-corrected chi connectivity index (χ2v) is 8.81. The average Bonchev–Trinajstić information content (AvgIpc) is 2.76. The van der Waals surface area contributed by atoms with Crippen LogP contribution in [0, 0.1) is 11.6 Å². The average molecular weight is 422 g/mol. The monoisotopic (exact) mass is 421 g/mol. The van der Waals surface area contributed by atoms with Gasteiger partial charge in [0.15, 0.2) is 17.6 Å². The summed E-state index contributed by atoms with van der Waals surface area (Å²) < 4.78 is 26.9. The molecule has 2 heterocycles. The number of benzene rings is 1. The van der Waals surface area contributed by atoms with Gasteiger partial charge in [0.1, 0.15) is 0 Å². The fourth-order valence-electron chi connectivity index (χ4n) is 4.59. The van der Waals surface area contributed by atoms with E-state index in [-0.39, 0.29) is 11.6 Å². The van der Waals surface area contributed by atoms with Gasteiger partial charge >= 0.3 is 0 Å². The highest BCUT2D eigenvalue weighted by molar-refractivity contribution is 5.80. The predicted octanol–water partition coefficient (Wildman–Crippen LogP) is 3.53. The van der Waals surface area contributed by atoms with Crippen molar-refractivity contribution in [2.24, 2.45) is 4.99 Å². The van der Waals surface area contributed by atoms with Crippen LogP contribution in [0.4, 0.5) is 8.78 Å². The molecule has 5 nitrogen and oxygen atoms in total. The van der Waals surface area contributed by atoms with E-state index in [2.05, 4.69) is 27.5 Å². The van der Waals surface area contributed by atoms with Crippen molar-refractivity contribution in [3.05, 3.63) is 35.4 Å². The standard InChI is InChI=1S/C23H37F2N5/c1-4-26-22(28-18(2)19-8-9-20(24)21(25)16-19)27-17-23(10-14-29(3)15-11-23)30-12-6-5-7-13-30/h8-9,16,18H,4-7,10-15,17H2,1-3H3,(H2,26,27,28). The van der Waals surface area contributed by atoms with Crippen molar-refractivity contribution >= 4 is 5.96 Å². The van der Waals surface area contributed by atoms with Crippen LogP contribution in [-0.4, -0.2) is 67.6 Å². The summed E-state index contributed by atoms with van der Waals surface area (Å²) in [6.07, 6.45) is 6.13. The molecule has 2 aliphatic heterocycles. The molecule has 2 N–H and O–H groups in total. The number of likely N-dealkylation sites (tertiary alicyclic amines) is 2. The van der Waals surface area contributed by atoms with Crippen molar-refractivity contribution in [1.82, 2.24) is 20.4 Å². The molecule has 2 aliphatic rings. The quantitative estimate of drug-likeness (QED) is 0.545. The zero-order valence-electron chi connectivity index (χ0n) is 18.7. The molecular formula is C23H37F2N5. The van der Waals surface area contributed by atoms with Gasteiger partial charge in [-0.3, -0.25) is 9.89 Å². The third-order valence-electron chi connectivity index (χ3n) is 6.62. The van der Waals surface area contributed by atoms with E-state index < -0.39 is 11.6 Å². The highest BCUT2D eigenvalue weighted by atomic mass is 19.2. The highest BCUT2D eigenvalue weighted by Crippen LogP contribution is 2.31. The van der Waals surface area contributed by atoms with E-state index in [1.165, 1.54) is 31.4 Å². The van der Waals surface area contributed by atoms with E-state index in [1.807, 2.05) is 13.8 Å². The van der Waals surface area contributed by atoms with Crippen LogP contribution in [-0.2, 0) is 0 Å². The Kier molecular flexibility index (Phi) is 8.06. The normalized spacial score (nSPS) is 22.0. The maximum atomic E-state index is 13.6. The van der Waals surface area contributed by atoms with Gasteiger partial charge in [-0.1, -0.05) is 12.5 Å². The van der Waals surface area contributed by atoms with Gasteiger partial charge in [0, 0.05) is 12.1 Å². The number of hydrogen-bond donors (Lipinski definition) is 2. The van der Waals surface area contributed by atoms with Crippen LogP contribution in [0.3, 0.4) is 0 Å². The van der Waals surface area contributed by atoms with Crippen LogP contribution >= 0.6 is 0 Å². The molecule has 0 radical (unpaired) electrons. The smallest absolute Gasteiger partial charge is 0.191 e. The van der Waals surface area contributed by atoms with Gasteiger partial charge in [0.05, 0.1) is 12.6 Å². The minimum Gasteiger partial charge on any atom is -0.357 e. The Balaban J connectivity index is 1.74. The molecule has 2 saturated heterocycles. The minimum atomic E-state index is -0.822. The molecule has 2 fully saturated rings. The van der Waals surface area contributed by atoms with Gasteiger partial charge in [0.2, 0.25) is 0 Å². The maximum absolute atomic E-state index is 13.6. The molecule has 1 atom stereocenters. The van der Waals surface area contributed by atoms with E-state index >= 15 is 0 Å². The first-order valence-electron chi connectivity index (χ1n) is 11.4. The van der Waals surface area contributed by atoms with Crippen molar-refractivity contribution in [3.8, 4) is 0 Å². The topological polar surface area (TPSA) is 42.9 Å². The molecule has 168 valence electrons. The summed E-state index contributed by atoms with van der Waals surface area (Å²) in [4.78, 5) is 10.1. The van der Waals surface area contributed by atoms with Gasteiger partial charge in [-0.25, -0.2) is 8.78 Å². The van der Waals surface area contributed by atoms with Gasteiger partial charge in [0.25, 0.3) is 0 Å². The summed E-state index contributed by atoms with van der Waals surface area (Å²) >= 11 is 0. The van der Waals surface area contributed by atoms with E-state index in [0.29, 0.717) is 5.56 Å². The number of guanidine groups is 1. The zero-order valence-corrected chi connectivity index (χ0v) is 18.7. The van der Waals surface area contributed by atoms with Crippen molar-refractivity contribution in [1.29, 1.82) is 0 Å². The second kappa shape index (κ2) is 10.5. The van der Waals surface area contributed by atoms with E-state index in [9.17, 15) is 8.78 Å². The molecule has 1 aromatic rings. The molecule has 30 heavy (non-hydrogen) atoms. The molecule has 7 heteroatoms. The van der Waals surface area contributed by atoms with Gasteiger partial charge in [-0.2, -0.15) is 0 Å². The fraction of sp³-hybridized carbons (Fsp3) is 0.696. The Morgan fingerprint density at radius 3 is 2.43 bits per heavy atom. The summed E-state index contributed by atoms with van der Waals surface area (Å²) in [5.74, 6) is -0.916. The lowest BCUT2D eigenvalue weighted by atomic mass is 9.84. The maximum Gasteiger partial charge on any atom is 0.191 e. The molecule has 1 aromatic carbocycles. The van der Waals surface area contributed by atoms with Crippen LogP contribution < -0.4 is 10.6 Å². The minimum absolute atomic E-state index is 0.112. The van der Waals surface area contributed by atoms with Crippen LogP contribution in [0.25, 0.3) is 0 Å². The molecule has 0 saturated carbocycles. The first kappa shape index (κ1) is 22.9. The number of aliphatic imine (C=N–C) groups is 1. The van der Waals surface area contributed by atoms with Crippen LogP contribution in [0.5, 0.6) is 0 Å². The fourth-order valence-corrected chi connectivity index (χ4v) is 4.59. The second-order valence-electron chi connectivity index (χ2n) is 8.81. The molecule has 0 bridgehead atoms. The van der Waals surface area contributed by atoms with Crippen LogP contribution in [0.1, 0.15) is 57.6 Å². The van der Waals surface area contributed by atoms with E-state index in [1.54, 1.807) is 6.07 Å². The highest BCUT2D eigenvalue weighted by Gasteiger charge is 2.39. The molecular weight excluding hydrogens is 384 g/mol. The summed E-state index contributed by atoms with van der Waals surface area (Å²) in [6, 6.07) is 3.87. The SMILES string of the molecule is CCNC(=NCC1(N2CCCCC2)CCN(C)CC1)NC(C)c1ccc(F)c(F)c1. The summed E-state index contributed by atoms with van der Waals surface area (Å²) in [5, 5.41) is 6.69. The van der Waals surface area contributed by atoms with E-state index in [0.717, 1.165) is 58.1 Å². The lowest BCUT2D eigenvalue weighted by molar-refractivity contribution is 0.0208. The Hall–Kier alpha value is -1.73. The number of piperidine rings is 2. The van der Waals surface area contributed by atoms with Gasteiger partial charge in [-0.05, 0) is 90.5 Å². The van der Waals surface area contributed by atoms with Crippen molar-refractivity contribution in [2.45, 2.75) is 57.5 Å². The van der Waals surface area contributed by atoms with Gasteiger partial charge < -0.3 is 15.5 Å². The van der Waals surface area contributed by atoms with Gasteiger partial charge in [-0.15, -0.1) is 0 Å². The molecule has 0 aliphatic carbocycles. The van der Waals surface area contributed by atoms with Crippen LogP contribution in [0.2, 0.25) is 0 Å². The number of hydrogen-bond acceptors (Lipinski definition) is 3. The van der Waals surface area contributed by atoms with Crippen LogP contribution in [0.15, 0.2) is 23.2 Å². The summed E-state index contributed by atoms with van der Waals surface area (Å²) in [6.45, 7) is 9.99. The first-order valence-corrected chi connectivity index (χ1v) is 11.4. The Morgan fingerprint density at radius 1 is 1.10 bits per heavy atom.